The third-order valence-electron chi connectivity index (χ3n) is 2.05. The van der Waals surface area contributed by atoms with Gasteiger partial charge in [-0.15, -0.1) is 0 Å². The summed E-state index contributed by atoms with van der Waals surface area (Å²) < 4.78 is 18.1. The Labute approximate surface area is 89.1 Å². The average Bonchev–Trinajstić information content (AvgIpc) is 2.18. The van der Waals surface area contributed by atoms with Gasteiger partial charge in [0.05, 0.1) is 6.10 Å². The first-order valence-corrected chi connectivity index (χ1v) is 4.91. The molecule has 15 heavy (non-hydrogen) atoms. The van der Waals surface area contributed by atoms with E-state index in [0.717, 1.165) is 5.56 Å². The van der Waals surface area contributed by atoms with Crippen molar-refractivity contribution < 1.29 is 13.9 Å². The molecule has 0 bridgehead atoms. The Morgan fingerprint density at radius 2 is 2.13 bits per heavy atom. The molecule has 0 heterocycles. The molecule has 0 unspecified atom stereocenters. The predicted molar refractivity (Wildman–Crippen MR) is 56.6 cm³/mol. The fraction of sp³-hybridized carbons (Fsp3) is 0.417. The molecule has 0 amide bonds. The molecule has 0 aliphatic heterocycles. The lowest BCUT2D eigenvalue weighted by atomic mass is 10.1. The molecule has 0 spiro atoms. The lowest BCUT2D eigenvalue weighted by Gasteiger charge is -2.08. The number of aryl methyl sites for hydroxylation is 1. The van der Waals surface area contributed by atoms with Crippen LogP contribution in [0.2, 0.25) is 0 Å². The minimum atomic E-state index is -0.395. The molecule has 1 rings (SSSR count). The maximum Gasteiger partial charge on any atom is 0.188 e. The van der Waals surface area contributed by atoms with Crippen LogP contribution < -0.4 is 0 Å². The highest BCUT2D eigenvalue weighted by Gasteiger charge is 2.10. The van der Waals surface area contributed by atoms with E-state index in [4.69, 9.17) is 4.74 Å². The van der Waals surface area contributed by atoms with E-state index >= 15 is 0 Å². The van der Waals surface area contributed by atoms with Crippen molar-refractivity contribution in [2.24, 2.45) is 0 Å². The third-order valence-corrected chi connectivity index (χ3v) is 2.05. The Balaban J connectivity index is 2.77. The Morgan fingerprint density at radius 1 is 1.47 bits per heavy atom. The summed E-state index contributed by atoms with van der Waals surface area (Å²) in [4.78, 5) is 11.6. The second kappa shape index (κ2) is 5.03. The highest BCUT2D eigenvalue weighted by molar-refractivity contribution is 5.98. The molecule has 0 atom stereocenters. The number of hydrogen-bond donors (Lipinski definition) is 0. The number of carbonyl (C=O) groups is 1. The molecule has 0 N–H and O–H groups in total. The van der Waals surface area contributed by atoms with Crippen LogP contribution in [0.15, 0.2) is 18.2 Å². The summed E-state index contributed by atoms with van der Waals surface area (Å²) in [5, 5.41) is 0. The van der Waals surface area contributed by atoms with Crippen molar-refractivity contribution in [2.45, 2.75) is 26.9 Å². The molecule has 1 aromatic rings. The normalized spacial score (nSPS) is 10.7. The van der Waals surface area contributed by atoms with Gasteiger partial charge in [0.25, 0.3) is 0 Å². The number of benzene rings is 1. The average molecular weight is 210 g/mol. The van der Waals surface area contributed by atoms with Gasteiger partial charge < -0.3 is 4.74 Å². The molecule has 2 nitrogen and oxygen atoms in total. The van der Waals surface area contributed by atoms with Gasteiger partial charge in [0.2, 0.25) is 0 Å². The quantitative estimate of drug-likeness (QED) is 0.714. The van der Waals surface area contributed by atoms with Crippen molar-refractivity contribution in [1.82, 2.24) is 0 Å². The first-order valence-electron chi connectivity index (χ1n) is 4.91. The van der Waals surface area contributed by atoms with E-state index < -0.39 is 5.82 Å². The van der Waals surface area contributed by atoms with E-state index in [1.807, 2.05) is 13.8 Å². The predicted octanol–water partition coefficient (Wildman–Crippen LogP) is 2.74. The summed E-state index contributed by atoms with van der Waals surface area (Å²) in [7, 11) is 0. The van der Waals surface area contributed by atoms with Crippen LogP contribution in [0.25, 0.3) is 0 Å². The number of halogens is 1. The third kappa shape index (κ3) is 3.44. The van der Waals surface area contributed by atoms with Crippen molar-refractivity contribution in [3.05, 3.63) is 35.1 Å². The van der Waals surface area contributed by atoms with E-state index in [0.29, 0.717) is 5.56 Å². The standard InChI is InChI=1S/C12H15FO2/c1-8(2)15-7-12(14)11-6-10(13)5-4-9(11)3/h4-6,8H,7H2,1-3H3. The lowest BCUT2D eigenvalue weighted by Crippen LogP contribution is -2.14. The van der Waals surface area contributed by atoms with E-state index in [1.54, 1.807) is 13.0 Å². The lowest BCUT2D eigenvalue weighted by molar-refractivity contribution is 0.0584. The van der Waals surface area contributed by atoms with Crippen LogP contribution in [0.4, 0.5) is 4.39 Å². The zero-order valence-corrected chi connectivity index (χ0v) is 9.21. The molecule has 0 radical (unpaired) electrons. The largest absolute Gasteiger partial charge is 0.371 e. The van der Waals surface area contributed by atoms with Gasteiger partial charge in [0.1, 0.15) is 12.4 Å². The van der Waals surface area contributed by atoms with Gasteiger partial charge in [0.15, 0.2) is 5.78 Å². The zero-order valence-electron chi connectivity index (χ0n) is 9.21. The van der Waals surface area contributed by atoms with Gasteiger partial charge >= 0.3 is 0 Å². The summed E-state index contributed by atoms with van der Waals surface area (Å²) in [6, 6.07) is 4.19. The zero-order chi connectivity index (χ0) is 11.4. The monoisotopic (exact) mass is 210 g/mol. The molecule has 0 fully saturated rings. The number of ether oxygens (including phenoxy) is 1. The molecule has 3 heteroatoms. The fourth-order valence-electron chi connectivity index (χ4n) is 1.21. The molecule has 1 aromatic carbocycles. The van der Waals surface area contributed by atoms with Gasteiger partial charge in [0, 0.05) is 5.56 Å². The summed E-state index contributed by atoms with van der Waals surface area (Å²) in [6.45, 7) is 5.49. The van der Waals surface area contributed by atoms with Crippen molar-refractivity contribution in [1.29, 1.82) is 0 Å². The van der Waals surface area contributed by atoms with Crippen LogP contribution in [0.3, 0.4) is 0 Å². The van der Waals surface area contributed by atoms with Gasteiger partial charge in [-0.05, 0) is 38.5 Å². The summed E-state index contributed by atoms with van der Waals surface area (Å²) in [6.07, 6.45) is 0.00261. The summed E-state index contributed by atoms with van der Waals surface area (Å²) in [5.41, 5.74) is 1.17. The van der Waals surface area contributed by atoms with Crippen LogP contribution in [0.1, 0.15) is 29.8 Å². The van der Waals surface area contributed by atoms with E-state index in [2.05, 4.69) is 0 Å². The molecule has 82 valence electrons. The maximum absolute atomic E-state index is 12.9. The van der Waals surface area contributed by atoms with Gasteiger partial charge in [-0.1, -0.05) is 6.07 Å². The Kier molecular flexibility index (Phi) is 3.97. The molecule has 0 saturated carbocycles. The summed E-state index contributed by atoms with van der Waals surface area (Å²) >= 11 is 0. The summed E-state index contributed by atoms with van der Waals surface area (Å²) in [5.74, 6) is -0.575. The minimum absolute atomic E-state index is 0.00194. The van der Waals surface area contributed by atoms with Gasteiger partial charge in [-0.3, -0.25) is 4.79 Å². The number of carbonyl (C=O) groups excluding carboxylic acids is 1. The number of ketones is 1. The van der Waals surface area contributed by atoms with Crippen molar-refractivity contribution >= 4 is 5.78 Å². The van der Waals surface area contributed by atoms with E-state index in [1.165, 1.54) is 12.1 Å². The Hall–Kier alpha value is -1.22. The fourth-order valence-corrected chi connectivity index (χ4v) is 1.21. The van der Waals surface area contributed by atoms with Gasteiger partial charge in [-0.2, -0.15) is 0 Å². The SMILES string of the molecule is Cc1ccc(F)cc1C(=O)COC(C)C. The van der Waals surface area contributed by atoms with E-state index in [-0.39, 0.29) is 18.5 Å². The maximum atomic E-state index is 12.9. The molecule has 0 saturated heterocycles. The molecular formula is C12H15FO2. The van der Waals surface area contributed by atoms with Crippen molar-refractivity contribution in [2.75, 3.05) is 6.61 Å². The van der Waals surface area contributed by atoms with Crippen LogP contribution in [-0.4, -0.2) is 18.5 Å². The first kappa shape index (κ1) is 11.9. The van der Waals surface area contributed by atoms with Crippen LogP contribution in [-0.2, 0) is 4.74 Å². The van der Waals surface area contributed by atoms with Crippen LogP contribution in [0.5, 0.6) is 0 Å². The smallest absolute Gasteiger partial charge is 0.188 e. The topological polar surface area (TPSA) is 26.3 Å². The highest BCUT2D eigenvalue weighted by Crippen LogP contribution is 2.11. The van der Waals surface area contributed by atoms with Gasteiger partial charge in [-0.25, -0.2) is 4.39 Å². The van der Waals surface area contributed by atoms with Crippen molar-refractivity contribution in [3.63, 3.8) is 0 Å². The second-order valence-electron chi connectivity index (χ2n) is 3.74. The second-order valence-corrected chi connectivity index (χ2v) is 3.74. The molecule has 0 aliphatic carbocycles. The van der Waals surface area contributed by atoms with Crippen LogP contribution >= 0.6 is 0 Å². The van der Waals surface area contributed by atoms with Crippen molar-refractivity contribution in [3.8, 4) is 0 Å². The molecule has 0 aliphatic rings. The number of hydrogen-bond acceptors (Lipinski definition) is 2. The Bertz CT molecular complexity index is 359. The Morgan fingerprint density at radius 3 is 2.73 bits per heavy atom. The molecular weight excluding hydrogens is 195 g/mol. The first-order chi connectivity index (χ1) is 7.00. The minimum Gasteiger partial charge on any atom is -0.371 e. The highest BCUT2D eigenvalue weighted by atomic mass is 19.1. The molecule has 0 aromatic heterocycles. The van der Waals surface area contributed by atoms with E-state index in [9.17, 15) is 9.18 Å². The number of Topliss-reactive ketones (excluding diaryl/α,β-unsaturated/α-hetero) is 1. The van der Waals surface area contributed by atoms with Crippen LogP contribution in [0, 0.1) is 12.7 Å². The number of rotatable bonds is 4.